The van der Waals surface area contributed by atoms with Crippen LogP contribution < -0.4 is 5.48 Å². The van der Waals surface area contributed by atoms with Gasteiger partial charge in [-0.3, -0.25) is 4.79 Å². The van der Waals surface area contributed by atoms with Crippen LogP contribution in [0.25, 0.3) is 0 Å². The maximum Gasteiger partial charge on any atom is 0.264 e. The fraction of sp³-hybridized carbons (Fsp3) is 0.708. The van der Waals surface area contributed by atoms with Crippen molar-refractivity contribution in [3.8, 4) is 0 Å². The van der Waals surface area contributed by atoms with Gasteiger partial charge in [0.25, 0.3) is 5.91 Å². The Morgan fingerprint density at radius 3 is 2.55 bits per heavy atom. The number of carbonyl (C=O) groups is 1. The summed E-state index contributed by atoms with van der Waals surface area (Å²) in [5.74, 6) is 0.111. The second-order valence-electron chi connectivity index (χ2n) is 9.07. The minimum atomic E-state index is -1.46. The number of nitrogens with zero attached hydrogens (tertiary/aromatic N) is 1. The molecule has 0 aliphatic carbocycles. The Bertz CT molecular complexity index is 759. The van der Waals surface area contributed by atoms with Gasteiger partial charge < -0.3 is 14.2 Å². The Morgan fingerprint density at radius 1 is 1.09 bits per heavy atom. The first kappa shape index (κ1) is 24.8. The van der Waals surface area contributed by atoms with Crippen molar-refractivity contribution >= 4 is 16.9 Å². The molecule has 2 atom stereocenters. The second kappa shape index (κ2) is 12.4. The van der Waals surface area contributed by atoms with Crippen LogP contribution in [0.15, 0.2) is 30.3 Å². The number of amides is 1. The summed E-state index contributed by atoms with van der Waals surface area (Å²) in [5.41, 5.74) is 3.75. The molecule has 3 aliphatic rings. The molecule has 2 unspecified atom stereocenters. The lowest BCUT2D eigenvalue weighted by molar-refractivity contribution is -0.202. The molecule has 0 saturated carbocycles. The Kier molecular flexibility index (Phi) is 9.28. The van der Waals surface area contributed by atoms with Crippen molar-refractivity contribution in [1.82, 2.24) is 9.79 Å². The summed E-state index contributed by atoms with van der Waals surface area (Å²) in [5, 5.41) is 0. The number of rotatable bonds is 9. The zero-order valence-corrected chi connectivity index (χ0v) is 20.1. The third-order valence-corrected chi connectivity index (χ3v) is 8.84. The highest BCUT2D eigenvalue weighted by molar-refractivity contribution is 7.85. The summed E-state index contributed by atoms with van der Waals surface area (Å²) in [6, 6.07) is 10.2. The first-order valence-electron chi connectivity index (χ1n) is 12.1. The normalized spacial score (nSPS) is 25.4. The SMILES string of the molecule is O=C(NOC1CCCCO1)C1(S(=O)N2CCC(COCc3ccccc3)CC2)CCOCC1. The average Bonchev–Trinajstić information content (AvgIpc) is 2.89. The van der Waals surface area contributed by atoms with Crippen LogP contribution in [0.5, 0.6) is 0 Å². The minimum Gasteiger partial charge on any atom is -0.381 e. The van der Waals surface area contributed by atoms with E-state index in [0.29, 0.717) is 64.9 Å². The fourth-order valence-corrected chi connectivity index (χ4v) is 6.36. The van der Waals surface area contributed by atoms with E-state index in [9.17, 15) is 9.00 Å². The molecule has 0 aromatic heterocycles. The minimum absolute atomic E-state index is 0.327. The molecule has 0 bridgehead atoms. The summed E-state index contributed by atoms with van der Waals surface area (Å²) in [4.78, 5) is 18.7. The molecule has 1 aromatic rings. The van der Waals surface area contributed by atoms with Gasteiger partial charge in [-0.1, -0.05) is 30.3 Å². The van der Waals surface area contributed by atoms with Gasteiger partial charge in [0.05, 0.1) is 6.61 Å². The topological polar surface area (TPSA) is 86.3 Å². The van der Waals surface area contributed by atoms with Crippen LogP contribution in [0.4, 0.5) is 0 Å². The number of hydrogen-bond donors (Lipinski definition) is 1. The fourth-order valence-electron chi connectivity index (χ4n) is 4.61. The lowest BCUT2D eigenvalue weighted by Crippen LogP contribution is -2.58. The molecular formula is C24H36N2O6S. The lowest BCUT2D eigenvalue weighted by Gasteiger charge is -2.40. The summed E-state index contributed by atoms with van der Waals surface area (Å²) in [7, 11) is -1.46. The standard InChI is InChI=1S/C24H36N2O6S/c27-23(25-32-22-8-4-5-15-31-22)24(11-16-29-17-12-24)33(28)26-13-9-21(10-14-26)19-30-18-20-6-2-1-3-7-20/h1-3,6-7,21-22H,4-5,8-19H2,(H,25,27). The van der Waals surface area contributed by atoms with Crippen molar-refractivity contribution in [3.05, 3.63) is 35.9 Å². The highest BCUT2D eigenvalue weighted by Crippen LogP contribution is 2.32. The van der Waals surface area contributed by atoms with Crippen LogP contribution in [0.3, 0.4) is 0 Å². The Hall–Kier alpha value is -1.36. The largest absolute Gasteiger partial charge is 0.381 e. The van der Waals surface area contributed by atoms with Crippen molar-refractivity contribution < 1.29 is 28.1 Å². The number of nitrogens with one attached hydrogen (secondary N) is 1. The quantitative estimate of drug-likeness (QED) is 0.547. The van der Waals surface area contributed by atoms with Crippen LogP contribution in [-0.4, -0.2) is 65.0 Å². The van der Waals surface area contributed by atoms with Crippen molar-refractivity contribution in [3.63, 3.8) is 0 Å². The molecule has 1 amide bonds. The molecular weight excluding hydrogens is 444 g/mol. The van der Waals surface area contributed by atoms with Gasteiger partial charge in [-0.15, -0.1) is 0 Å². The predicted molar refractivity (Wildman–Crippen MR) is 124 cm³/mol. The van der Waals surface area contributed by atoms with E-state index in [1.54, 1.807) is 0 Å². The number of hydroxylamine groups is 1. The first-order valence-corrected chi connectivity index (χ1v) is 13.2. The molecule has 1 aromatic carbocycles. The number of hydrogen-bond acceptors (Lipinski definition) is 6. The molecule has 4 rings (SSSR count). The zero-order valence-electron chi connectivity index (χ0n) is 19.2. The first-order chi connectivity index (χ1) is 16.2. The molecule has 3 saturated heterocycles. The van der Waals surface area contributed by atoms with E-state index in [-0.39, 0.29) is 5.91 Å². The molecule has 3 heterocycles. The summed E-state index contributed by atoms with van der Waals surface area (Å²) in [6.07, 6.45) is 4.98. The van der Waals surface area contributed by atoms with Gasteiger partial charge >= 0.3 is 0 Å². The van der Waals surface area contributed by atoms with Gasteiger partial charge in [0.15, 0.2) is 6.29 Å². The maximum atomic E-state index is 13.7. The van der Waals surface area contributed by atoms with Crippen molar-refractivity contribution in [2.75, 3.05) is 39.5 Å². The summed E-state index contributed by atoms with van der Waals surface area (Å²) < 4.78 is 31.5. The zero-order chi connectivity index (χ0) is 22.9. The Morgan fingerprint density at radius 2 is 1.85 bits per heavy atom. The van der Waals surface area contributed by atoms with E-state index in [1.165, 1.54) is 5.56 Å². The monoisotopic (exact) mass is 480 g/mol. The van der Waals surface area contributed by atoms with Crippen LogP contribution in [0.2, 0.25) is 0 Å². The van der Waals surface area contributed by atoms with Crippen LogP contribution >= 0.6 is 0 Å². The molecule has 0 spiro atoms. The smallest absolute Gasteiger partial charge is 0.264 e. The van der Waals surface area contributed by atoms with E-state index in [0.717, 1.165) is 32.1 Å². The molecule has 9 heteroatoms. The van der Waals surface area contributed by atoms with Crippen molar-refractivity contribution in [1.29, 1.82) is 0 Å². The average molecular weight is 481 g/mol. The number of carbonyl (C=O) groups excluding carboxylic acids is 1. The van der Waals surface area contributed by atoms with Crippen LogP contribution in [0.1, 0.15) is 50.5 Å². The molecule has 33 heavy (non-hydrogen) atoms. The number of benzene rings is 1. The third-order valence-electron chi connectivity index (χ3n) is 6.74. The molecule has 184 valence electrons. The Balaban J connectivity index is 1.27. The Labute approximate surface area is 198 Å². The molecule has 8 nitrogen and oxygen atoms in total. The molecule has 1 N–H and O–H groups in total. The van der Waals surface area contributed by atoms with Crippen molar-refractivity contribution in [2.24, 2.45) is 5.92 Å². The second-order valence-corrected chi connectivity index (χ2v) is 10.9. The van der Waals surface area contributed by atoms with E-state index >= 15 is 0 Å². The summed E-state index contributed by atoms with van der Waals surface area (Å²) >= 11 is 0. The van der Waals surface area contributed by atoms with Gasteiger partial charge in [-0.2, -0.15) is 0 Å². The van der Waals surface area contributed by atoms with E-state index < -0.39 is 22.0 Å². The third kappa shape index (κ3) is 6.61. The summed E-state index contributed by atoms with van der Waals surface area (Å²) in [6.45, 7) is 4.16. The van der Waals surface area contributed by atoms with E-state index in [4.69, 9.17) is 19.0 Å². The van der Waals surface area contributed by atoms with E-state index in [2.05, 4.69) is 17.6 Å². The predicted octanol–water partition coefficient (Wildman–Crippen LogP) is 2.70. The van der Waals surface area contributed by atoms with Gasteiger partial charge in [-0.05, 0) is 50.0 Å². The highest BCUT2D eigenvalue weighted by Gasteiger charge is 2.49. The molecule has 3 fully saturated rings. The van der Waals surface area contributed by atoms with E-state index in [1.807, 2.05) is 22.5 Å². The lowest BCUT2D eigenvalue weighted by atomic mass is 9.98. The molecule has 3 aliphatic heterocycles. The van der Waals surface area contributed by atoms with Gasteiger partial charge in [0.2, 0.25) is 0 Å². The molecule has 0 radical (unpaired) electrons. The van der Waals surface area contributed by atoms with Gasteiger partial charge in [-0.25, -0.2) is 18.8 Å². The number of ether oxygens (including phenoxy) is 3. The maximum absolute atomic E-state index is 13.7. The van der Waals surface area contributed by atoms with Gasteiger partial charge in [0.1, 0.15) is 15.7 Å². The highest BCUT2D eigenvalue weighted by atomic mass is 32.2. The van der Waals surface area contributed by atoms with Gasteiger partial charge in [0, 0.05) is 45.9 Å². The van der Waals surface area contributed by atoms with Crippen molar-refractivity contribution in [2.45, 2.75) is 62.6 Å². The number of piperidine rings is 1. The van der Waals surface area contributed by atoms with Crippen LogP contribution in [0, 0.1) is 5.92 Å². The van der Waals surface area contributed by atoms with Crippen LogP contribution in [-0.2, 0) is 41.4 Å².